The van der Waals surface area contributed by atoms with Gasteiger partial charge in [0.2, 0.25) is 5.91 Å². The van der Waals surface area contributed by atoms with E-state index in [1.165, 1.54) is 0 Å². The quantitative estimate of drug-likeness (QED) is 0.646. The van der Waals surface area contributed by atoms with Crippen molar-refractivity contribution in [3.63, 3.8) is 0 Å². The number of halogens is 1. The van der Waals surface area contributed by atoms with Crippen LogP contribution in [0.3, 0.4) is 0 Å². The predicted molar refractivity (Wildman–Crippen MR) is 114 cm³/mol. The SMILES string of the molecule is COc1cc2ncc(-c3cccc(N[C@H]4CNCC[C@@H]4F)n3)n2nc1N1CCCC1=O. The van der Waals surface area contributed by atoms with Gasteiger partial charge < -0.3 is 15.4 Å². The van der Waals surface area contributed by atoms with Gasteiger partial charge in [-0.2, -0.15) is 0 Å². The minimum Gasteiger partial charge on any atom is -0.493 e. The van der Waals surface area contributed by atoms with Gasteiger partial charge in [0, 0.05) is 25.6 Å². The van der Waals surface area contributed by atoms with Crippen molar-refractivity contribution in [2.45, 2.75) is 31.5 Å². The first kappa shape index (κ1) is 19.7. The van der Waals surface area contributed by atoms with Crippen molar-refractivity contribution in [3.05, 3.63) is 30.5 Å². The number of ether oxygens (including phenoxy) is 1. The van der Waals surface area contributed by atoms with Crippen LogP contribution < -0.4 is 20.3 Å². The number of amides is 1. The number of anilines is 2. The molecule has 0 spiro atoms. The van der Waals surface area contributed by atoms with E-state index in [4.69, 9.17) is 4.74 Å². The highest BCUT2D eigenvalue weighted by molar-refractivity contribution is 5.95. The van der Waals surface area contributed by atoms with Crippen LogP contribution in [0.1, 0.15) is 19.3 Å². The van der Waals surface area contributed by atoms with Crippen LogP contribution in [-0.2, 0) is 4.79 Å². The fraction of sp³-hybridized carbons (Fsp3) is 0.429. The molecule has 3 aromatic rings. The normalized spacial score (nSPS) is 21.6. The number of imidazole rings is 1. The number of carbonyl (C=O) groups excluding carboxylic acids is 1. The predicted octanol–water partition coefficient (Wildman–Crippen LogP) is 2.04. The third-order valence-electron chi connectivity index (χ3n) is 5.73. The van der Waals surface area contributed by atoms with Gasteiger partial charge in [-0.25, -0.2) is 18.9 Å². The summed E-state index contributed by atoms with van der Waals surface area (Å²) in [5.41, 5.74) is 1.91. The second-order valence-electron chi connectivity index (χ2n) is 7.77. The van der Waals surface area contributed by atoms with Crippen molar-refractivity contribution >= 4 is 23.2 Å². The van der Waals surface area contributed by atoms with E-state index in [0.29, 0.717) is 66.9 Å². The number of methoxy groups -OCH3 is 1. The Kier molecular flexibility index (Phi) is 5.14. The summed E-state index contributed by atoms with van der Waals surface area (Å²) < 4.78 is 21.3. The number of aromatic nitrogens is 4. The van der Waals surface area contributed by atoms with Crippen LogP contribution in [0.2, 0.25) is 0 Å². The molecule has 5 rings (SSSR count). The summed E-state index contributed by atoms with van der Waals surface area (Å²) in [6.45, 7) is 1.85. The fourth-order valence-corrected chi connectivity index (χ4v) is 4.09. The van der Waals surface area contributed by atoms with Crippen molar-refractivity contribution in [1.29, 1.82) is 0 Å². The molecule has 0 saturated carbocycles. The number of nitrogens with one attached hydrogen (secondary N) is 2. The summed E-state index contributed by atoms with van der Waals surface area (Å²) in [5, 5.41) is 11.1. The lowest BCUT2D eigenvalue weighted by molar-refractivity contribution is -0.117. The Bertz CT molecular complexity index is 1120. The monoisotopic (exact) mass is 425 g/mol. The number of alkyl halides is 1. The second kappa shape index (κ2) is 8.10. The van der Waals surface area contributed by atoms with E-state index in [-0.39, 0.29) is 11.9 Å². The van der Waals surface area contributed by atoms with Crippen LogP contribution in [-0.4, -0.2) is 64.4 Å². The minimum atomic E-state index is -0.919. The molecule has 0 radical (unpaired) electrons. The van der Waals surface area contributed by atoms with Gasteiger partial charge in [0.15, 0.2) is 17.2 Å². The van der Waals surface area contributed by atoms with Crippen molar-refractivity contribution in [2.75, 3.05) is 37.0 Å². The molecule has 0 unspecified atom stereocenters. The minimum absolute atomic E-state index is 0.0259. The first-order valence-corrected chi connectivity index (χ1v) is 10.5. The molecule has 0 aromatic carbocycles. The van der Waals surface area contributed by atoms with Crippen LogP contribution in [0.15, 0.2) is 30.5 Å². The Morgan fingerprint density at radius 3 is 3.03 bits per heavy atom. The van der Waals surface area contributed by atoms with E-state index in [9.17, 15) is 9.18 Å². The van der Waals surface area contributed by atoms with Gasteiger partial charge in [-0.3, -0.25) is 9.69 Å². The van der Waals surface area contributed by atoms with E-state index in [1.54, 1.807) is 28.8 Å². The third-order valence-corrected chi connectivity index (χ3v) is 5.73. The van der Waals surface area contributed by atoms with Gasteiger partial charge in [-0.05, 0) is 31.5 Å². The van der Waals surface area contributed by atoms with Gasteiger partial charge >= 0.3 is 0 Å². The van der Waals surface area contributed by atoms with Crippen LogP contribution in [0.5, 0.6) is 5.75 Å². The van der Waals surface area contributed by atoms with E-state index in [2.05, 4.69) is 25.7 Å². The molecule has 2 aliphatic heterocycles. The number of pyridine rings is 1. The lowest BCUT2D eigenvalue weighted by Crippen LogP contribution is -2.46. The fourth-order valence-electron chi connectivity index (χ4n) is 4.09. The number of piperidine rings is 1. The number of rotatable bonds is 5. The molecule has 0 aliphatic carbocycles. The van der Waals surface area contributed by atoms with Crippen molar-refractivity contribution in [3.8, 4) is 17.1 Å². The standard InChI is InChI=1S/C21H24FN7O2/c1-31-17-10-19-24-12-16(29(19)27-21(17)28-9-3-6-20(28)30)14-4-2-5-18(25-14)26-15-11-23-8-7-13(15)22/h2,4-5,10,12-13,15,23H,3,6-9,11H2,1H3,(H,25,26)/t13-,15-/m0/s1. The highest BCUT2D eigenvalue weighted by Gasteiger charge is 2.28. The molecule has 2 saturated heterocycles. The maximum atomic E-state index is 14.2. The Balaban J connectivity index is 1.51. The van der Waals surface area contributed by atoms with Crippen LogP contribution >= 0.6 is 0 Å². The molecular weight excluding hydrogens is 401 g/mol. The van der Waals surface area contributed by atoms with E-state index >= 15 is 0 Å². The molecule has 2 aliphatic rings. The zero-order valence-corrected chi connectivity index (χ0v) is 17.2. The first-order chi connectivity index (χ1) is 15.1. The molecule has 3 aromatic heterocycles. The Morgan fingerprint density at radius 1 is 1.35 bits per heavy atom. The Hall–Kier alpha value is -3.27. The Morgan fingerprint density at radius 2 is 2.26 bits per heavy atom. The van der Waals surface area contributed by atoms with Crippen LogP contribution in [0.25, 0.3) is 17.0 Å². The van der Waals surface area contributed by atoms with Crippen LogP contribution in [0, 0.1) is 0 Å². The number of carbonyl (C=O) groups is 1. The molecule has 162 valence electrons. The van der Waals surface area contributed by atoms with Gasteiger partial charge in [-0.15, -0.1) is 5.10 Å². The maximum absolute atomic E-state index is 14.2. The van der Waals surface area contributed by atoms with E-state index in [1.807, 2.05) is 18.2 Å². The number of nitrogens with zero attached hydrogens (tertiary/aromatic N) is 5. The Labute approximate surface area is 178 Å². The van der Waals surface area contributed by atoms with Crippen LogP contribution in [0.4, 0.5) is 16.0 Å². The summed E-state index contributed by atoms with van der Waals surface area (Å²) in [6.07, 6.45) is 2.54. The molecule has 9 nitrogen and oxygen atoms in total. The highest BCUT2D eigenvalue weighted by Crippen LogP contribution is 2.31. The average Bonchev–Trinajstić information content (AvgIpc) is 3.40. The van der Waals surface area contributed by atoms with Crippen molar-refractivity contribution < 1.29 is 13.9 Å². The second-order valence-corrected chi connectivity index (χ2v) is 7.77. The smallest absolute Gasteiger partial charge is 0.228 e. The number of hydrogen-bond acceptors (Lipinski definition) is 7. The third kappa shape index (κ3) is 3.67. The summed E-state index contributed by atoms with van der Waals surface area (Å²) in [4.78, 5) is 23.0. The van der Waals surface area contributed by atoms with Crippen molar-refractivity contribution in [2.24, 2.45) is 0 Å². The summed E-state index contributed by atoms with van der Waals surface area (Å²) in [6, 6.07) is 6.98. The van der Waals surface area contributed by atoms with Gasteiger partial charge in [0.1, 0.15) is 17.7 Å². The molecule has 1 amide bonds. The summed E-state index contributed by atoms with van der Waals surface area (Å²) in [7, 11) is 1.55. The number of fused-ring (bicyclic) bond motifs is 1. The van der Waals surface area contributed by atoms with Gasteiger partial charge in [0.05, 0.1) is 25.0 Å². The molecule has 2 atom stereocenters. The number of hydrogen-bond donors (Lipinski definition) is 2. The molecule has 31 heavy (non-hydrogen) atoms. The maximum Gasteiger partial charge on any atom is 0.228 e. The molecule has 2 N–H and O–H groups in total. The average molecular weight is 425 g/mol. The molecule has 0 bridgehead atoms. The zero-order chi connectivity index (χ0) is 21.4. The van der Waals surface area contributed by atoms with Gasteiger partial charge in [0.25, 0.3) is 0 Å². The summed E-state index contributed by atoms with van der Waals surface area (Å²) >= 11 is 0. The lowest BCUT2D eigenvalue weighted by atomic mass is 10.1. The molecule has 10 heteroatoms. The highest BCUT2D eigenvalue weighted by atomic mass is 19.1. The van der Waals surface area contributed by atoms with Gasteiger partial charge in [-0.1, -0.05) is 6.07 Å². The topological polar surface area (TPSA) is 96.7 Å². The zero-order valence-electron chi connectivity index (χ0n) is 17.2. The largest absolute Gasteiger partial charge is 0.493 e. The van der Waals surface area contributed by atoms with E-state index < -0.39 is 6.17 Å². The lowest BCUT2D eigenvalue weighted by Gasteiger charge is -2.28. The van der Waals surface area contributed by atoms with E-state index in [0.717, 1.165) is 6.42 Å². The van der Waals surface area contributed by atoms with Crippen molar-refractivity contribution in [1.82, 2.24) is 24.9 Å². The molecule has 5 heterocycles. The molecule has 2 fully saturated rings. The first-order valence-electron chi connectivity index (χ1n) is 10.5. The molecular formula is C21H24FN7O2. The summed E-state index contributed by atoms with van der Waals surface area (Å²) in [5.74, 6) is 1.59.